The van der Waals surface area contributed by atoms with Crippen LogP contribution in [0.5, 0.6) is 5.75 Å². The van der Waals surface area contributed by atoms with E-state index in [1.165, 1.54) is 4.90 Å². The number of hydrogen-bond acceptors (Lipinski definition) is 3. The highest BCUT2D eigenvalue weighted by Crippen LogP contribution is 2.35. The van der Waals surface area contributed by atoms with Gasteiger partial charge < -0.3 is 10.1 Å². The predicted octanol–water partition coefficient (Wildman–Crippen LogP) is 4.42. The quantitative estimate of drug-likeness (QED) is 0.624. The molecule has 150 valence electrons. The van der Waals surface area contributed by atoms with E-state index >= 15 is 0 Å². The molecule has 3 aromatic rings. The number of para-hydroxylation sites is 2. The predicted molar refractivity (Wildman–Crippen MR) is 117 cm³/mol. The standard InChI is InChI=1S/C24H19ClN2O3/c25-19-10-6-9-18(13-19)14-22-24(29)27(20-11-4-5-12-21(20)30-22)16-23(28)26-15-17-7-2-1-3-8-17/h1-14H,15-16H2,(H,26,28). The van der Waals surface area contributed by atoms with Gasteiger partial charge in [-0.05, 0) is 41.5 Å². The molecule has 0 saturated heterocycles. The second-order valence-electron chi connectivity index (χ2n) is 6.79. The third kappa shape index (κ3) is 4.53. The summed E-state index contributed by atoms with van der Waals surface area (Å²) < 4.78 is 5.82. The Morgan fingerprint density at radius 1 is 1.00 bits per heavy atom. The molecule has 0 aromatic heterocycles. The minimum Gasteiger partial charge on any atom is -0.449 e. The molecule has 0 saturated carbocycles. The van der Waals surface area contributed by atoms with Crippen LogP contribution in [0.25, 0.3) is 6.08 Å². The molecule has 1 heterocycles. The Morgan fingerprint density at radius 2 is 1.77 bits per heavy atom. The van der Waals surface area contributed by atoms with E-state index in [-0.39, 0.29) is 24.1 Å². The first-order chi connectivity index (χ1) is 14.6. The fraction of sp³-hybridized carbons (Fsp3) is 0.0833. The molecule has 0 unspecified atom stereocenters. The lowest BCUT2D eigenvalue weighted by Crippen LogP contribution is -2.44. The number of nitrogens with one attached hydrogen (secondary N) is 1. The molecule has 2 amide bonds. The van der Waals surface area contributed by atoms with Gasteiger partial charge in [0.1, 0.15) is 6.54 Å². The molecule has 4 rings (SSSR count). The lowest BCUT2D eigenvalue weighted by Gasteiger charge is -2.30. The van der Waals surface area contributed by atoms with Crippen molar-refractivity contribution in [1.29, 1.82) is 0 Å². The van der Waals surface area contributed by atoms with Gasteiger partial charge in [0.15, 0.2) is 11.5 Å². The zero-order valence-electron chi connectivity index (χ0n) is 16.0. The van der Waals surface area contributed by atoms with Gasteiger partial charge in [0, 0.05) is 11.6 Å². The molecule has 0 bridgehead atoms. The van der Waals surface area contributed by atoms with Crippen LogP contribution >= 0.6 is 11.6 Å². The first-order valence-electron chi connectivity index (χ1n) is 9.47. The van der Waals surface area contributed by atoms with Gasteiger partial charge in [-0.15, -0.1) is 0 Å². The van der Waals surface area contributed by atoms with Crippen molar-refractivity contribution in [2.45, 2.75) is 6.54 Å². The highest BCUT2D eigenvalue weighted by Gasteiger charge is 2.31. The molecule has 5 nitrogen and oxygen atoms in total. The van der Waals surface area contributed by atoms with Gasteiger partial charge in [-0.2, -0.15) is 0 Å². The summed E-state index contributed by atoms with van der Waals surface area (Å²) in [5, 5.41) is 3.42. The second kappa shape index (κ2) is 8.84. The number of amides is 2. The van der Waals surface area contributed by atoms with Crippen LogP contribution in [0.1, 0.15) is 11.1 Å². The summed E-state index contributed by atoms with van der Waals surface area (Å²) in [7, 11) is 0. The molecular weight excluding hydrogens is 400 g/mol. The first kappa shape index (κ1) is 19.7. The van der Waals surface area contributed by atoms with Crippen molar-refractivity contribution >= 4 is 35.2 Å². The number of ether oxygens (including phenoxy) is 1. The maximum Gasteiger partial charge on any atom is 0.294 e. The monoisotopic (exact) mass is 418 g/mol. The SMILES string of the molecule is O=C(CN1C(=O)C(=Cc2cccc(Cl)c2)Oc2ccccc21)NCc1ccccc1. The van der Waals surface area contributed by atoms with Crippen LogP contribution in [0.4, 0.5) is 5.69 Å². The molecule has 0 fully saturated rings. The van der Waals surface area contributed by atoms with Crippen molar-refractivity contribution in [3.05, 3.63) is 101 Å². The molecule has 1 aliphatic rings. The van der Waals surface area contributed by atoms with Crippen molar-refractivity contribution in [3.63, 3.8) is 0 Å². The molecule has 0 aliphatic carbocycles. The summed E-state index contributed by atoms with van der Waals surface area (Å²) in [6.07, 6.45) is 1.62. The van der Waals surface area contributed by atoms with E-state index in [0.717, 1.165) is 11.1 Å². The summed E-state index contributed by atoms with van der Waals surface area (Å²) in [5.74, 6) is 0.00242. The van der Waals surface area contributed by atoms with Crippen molar-refractivity contribution in [2.75, 3.05) is 11.4 Å². The largest absolute Gasteiger partial charge is 0.449 e. The molecule has 0 radical (unpaired) electrons. The maximum absolute atomic E-state index is 13.1. The van der Waals surface area contributed by atoms with Crippen LogP contribution in [0.2, 0.25) is 5.02 Å². The first-order valence-corrected chi connectivity index (χ1v) is 9.84. The molecular formula is C24H19ClN2O3. The molecule has 1 aliphatic heterocycles. The van der Waals surface area contributed by atoms with Gasteiger partial charge in [0.05, 0.1) is 5.69 Å². The fourth-order valence-electron chi connectivity index (χ4n) is 3.16. The van der Waals surface area contributed by atoms with Gasteiger partial charge in [-0.1, -0.05) is 66.2 Å². The van der Waals surface area contributed by atoms with E-state index in [1.54, 1.807) is 42.5 Å². The van der Waals surface area contributed by atoms with Crippen molar-refractivity contribution < 1.29 is 14.3 Å². The number of fused-ring (bicyclic) bond motifs is 1. The lowest BCUT2D eigenvalue weighted by molar-refractivity contribution is -0.123. The van der Waals surface area contributed by atoms with Crippen molar-refractivity contribution in [3.8, 4) is 5.75 Å². The molecule has 6 heteroatoms. The number of rotatable bonds is 5. The van der Waals surface area contributed by atoms with Crippen LogP contribution < -0.4 is 15.0 Å². The molecule has 0 spiro atoms. The van der Waals surface area contributed by atoms with Crippen molar-refractivity contribution in [2.24, 2.45) is 0 Å². The average Bonchev–Trinajstić information content (AvgIpc) is 2.76. The van der Waals surface area contributed by atoms with Gasteiger partial charge in [-0.3, -0.25) is 14.5 Å². The summed E-state index contributed by atoms with van der Waals surface area (Å²) in [5.41, 5.74) is 2.28. The van der Waals surface area contributed by atoms with Crippen LogP contribution in [0.15, 0.2) is 84.6 Å². The van der Waals surface area contributed by atoms with Crippen LogP contribution in [0, 0.1) is 0 Å². The molecule has 30 heavy (non-hydrogen) atoms. The Balaban J connectivity index is 1.56. The molecule has 1 N–H and O–H groups in total. The summed E-state index contributed by atoms with van der Waals surface area (Å²) in [6.45, 7) is 0.282. The minimum atomic E-state index is -0.386. The number of carbonyl (C=O) groups excluding carboxylic acids is 2. The smallest absolute Gasteiger partial charge is 0.294 e. The summed E-state index contributed by atoms with van der Waals surface area (Å²) >= 11 is 6.04. The Hall–Kier alpha value is -3.57. The number of carbonyl (C=O) groups is 2. The number of halogens is 1. The summed E-state index contributed by atoms with van der Waals surface area (Å²) in [4.78, 5) is 27.1. The van der Waals surface area contributed by atoms with E-state index in [9.17, 15) is 9.59 Å². The minimum absolute atomic E-state index is 0.112. The lowest BCUT2D eigenvalue weighted by atomic mass is 10.1. The third-order valence-corrected chi connectivity index (χ3v) is 4.85. The third-order valence-electron chi connectivity index (χ3n) is 4.61. The highest BCUT2D eigenvalue weighted by molar-refractivity contribution is 6.30. The van der Waals surface area contributed by atoms with Gasteiger partial charge >= 0.3 is 0 Å². The second-order valence-corrected chi connectivity index (χ2v) is 7.22. The number of benzene rings is 3. The van der Waals surface area contributed by atoms with Gasteiger partial charge in [-0.25, -0.2) is 0 Å². The van der Waals surface area contributed by atoms with Crippen LogP contribution in [-0.2, 0) is 16.1 Å². The Morgan fingerprint density at radius 3 is 2.57 bits per heavy atom. The number of anilines is 1. The van der Waals surface area contributed by atoms with E-state index in [0.29, 0.717) is 23.0 Å². The zero-order valence-corrected chi connectivity index (χ0v) is 16.8. The number of nitrogens with zero attached hydrogens (tertiary/aromatic N) is 1. The van der Waals surface area contributed by atoms with E-state index in [2.05, 4.69) is 5.32 Å². The van der Waals surface area contributed by atoms with E-state index < -0.39 is 0 Å². The molecule has 3 aromatic carbocycles. The van der Waals surface area contributed by atoms with E-state index in [1.807, 2.05) is 42.5 Å². The Kier molecular flexibility index (Phi) is 5.82. The number of hydrogen-bond donors (Lipinski definition) is 1. The Bertz CT molecular complexity index is 1110. The Labute approximate surface area is 179 Å². The topological polar surface area (TPSA) is 58.6 Å². The van der Waals surface area contributed by atoms with Crippen LogP contribution in [-0.4, -0.2) is 18.4 Å². The fourth-order valence-corrected chi connectivity index (χ4v) is 3.36. The summed E-state index contributed by atoms with van der Waals surface area (Å²) in [6, 6.07) is 23.9. The van der Waals surface area contributed by atoms with Gasteiger partial charge in [0.2, 0.25) is 5.91 Å². The maximum atomic E-state index is 13.1. The van der Waals surface area contributed by atoms with Crippen molar-refractivity contribution in [1.82, 2.24) is 5.32 Å². The van der Waals surface area contributed by atoms with Crippen LogP contribution in [0.3, 0.4) is 0 Å². The van der Waals surface area contributed by atoms with E-state index in [4.69, 9.17) is 16.3 Å². The zero-order chi connectivity index (χ0) is 20.9. The molecule has 0 atom stereocenters. The highest BCUT2D eigenvalue weighted by atomic mass is 35.5. The normalized spacial score (nSPS) is 14.2. The average molecular weight is 419 g/mol. The van der Waals surface area contributed by atoms with Gasteiger partial charge in [0.25, 0.3) is 5.91 Å².